The van der Waals surface area contributed by atoms with Crippen LogP contribution in [0.4, 0.5) is 0 Å². The fourth-order valence-electron chi connectivity index (χ4n) is 2.68. The van der Waals surface area contributed by atoms with Crippen LogP contribution >= 0.6 is 0 Å². The minimum Gasteiger partial charge on any atom is -0.497 e. The summed E-state index contributed by atoms with van der Waals surface area (Å²) in [6.07, 6.45) is 0. The molecule has 0 spiro atoms. The van der Waals surface area contributed by atoms with Gasteiger partial charge in [0.15, 0.2) is 0 Å². The van der Waals surface area contributed by atoms with Crippen LogP contribution in [0.25, 0.3) is 0 Å². The van der Waals surface area contributed by atoms with Gasteiger partial charge in [-0.3, -0.25) is 0 Å². The molecular weight excluding hydrogens is 250 g/mol. The zero-order valence-electron chi connectivity index (χ0n) is 11.6. The fraction of sp³-hybridized carbons (Fsp3) is 0.294. The molecule has 0 radical (unpaired) electrons. The number of hydrogen-bond donors (Lipinski definition) is 1. The Bertz CT molecular complexity index is 521. The SMILES string of the molecule is COc1ccc(C2(c3ccc(CN)cc3)COC2)cc1. The number of rotatable bonds is 4. The minimum absolute atomic E-state index is 0.0284. The molecule has 0 amide bonds. The van der Waals surface area contributed by atoms with Crippen LogP contribution in [0.2, 0.25) is 0 Å². The molecule has 20 heavy (non-hydrogen) atoms. The number of nitrogens with two attached hydrogens (primary N) is 1. The quantitative estimate of drug-likeness (QED) is 0.927. The van der Waals surface area contributed by atoms with Crippen molar-refractivity contribution in [3.63, 3.8) is 0 Å². The zero-order chi connectivity index (χ0) is 14.0. The van der Waals surface area contributed by atoms with Gasteiger partial charge in [-0.15, -0.1) is 0 Å². The van der Waals surface area contributed by atoms with Crippen molar-refractivity contribution in [3.8, 4) is 5.75 Å². The maximum absolute atomic E-state index is 5.66. The summed E-state index contributed by atoms with van der Waals surface area (Å²) in [6, 6.07) is 16.8. The van der Waals surface area contributed by atoms with Gasteiger partial charge in [0.2, 0.25) is 0 Å². The lowest BCUT2D eigenvalue weighted by Crippen LogP contribution is -2.47. The van der Waals surface area contributed by atoms with Crippen molar-refractivity contribution in [1.82, 2.24) is 0 Å². The first kappa shape index (κ1) is 13.2. The van der Waals surface area contributed by atoms with Gasteiger partial charge in [-0.25, -0.2) is 0 Å². The molecule has 3 nitrogen and oxygen atoms in total. The Hall–Kier alpha value is -1.84. The lowest BCUT2D eigenvalue weighted by atomic mass is 9.73. The van der Waals surface area contributed by atoms with Crippen LogP contribution in [0.15, 0.2) is 48.5 Å². The van der Waals surface area contributed by atoms with E-state index in [4.69, 9.17) is 15.2 Å². The van der Waals surface area contributed by atoms with Gasteiger partial charge in [-0.1, -0.05) is 36.4 Å². The first-order valence-electron chi connectivity index (χ1n) is 6.80. The van der Waals surface area contributed by atoms with E-state index in [2.05, 4.69) is 36.4 Å². The Morgan fingerprint density at radius 2 is 1.55 bits per heavy atom. The molecule has 104 valence electrons. The molecule has 0 aliphatic carbocycles. The largest absolute Gasteiger partial charge is 0.497 e. The van der Waals surface area contributed by atoms with Crippen molar-refractivity contribution in [3.05, 3.63) is 65.2 Å². The van der Waals surface area contributed by atoms with Crippen LogP contribution in [0.3, 0.4) is 0 Å². The number of ether oxygens (including phenoxy) is 2. The summed E-state index contributed by atoms with van der Waals surface area (Å²) in [6.45, 7) is 2.02. The molecule has 1 saturated heterocycles. The number of hydrogen-bond acceptors (Lipinski definition) is 3. The highest BCUT2D eigenvalue weighted by Crippen LogP contribution is 2.39. The highest BCUT2D eigenvalue weighted by Gasteiger charge is 2.41. The summed E-state index contributed by atoms with van der Waals surface area (Å²) in [5.74, 6) is 0.877. The molecule has 3 heteroatoms. The Kier molecular flexibility index (Phi) is 3.47. The Balaban J connectivity index is 1.96. The molecule has 0 bridgehead atoms. The second kappa shape index (κ2) is 5.27. The van der Waals surface area contributed by atoms with E-state index in [-0.39, 0.29) is 5.41 Å². The molecule has 1 heterocycles. The van der Waals surface area contributed by atoms with Gasteiger partial charge in [0, 0.05) is 6.54 Å². The molecule has 1 aliphatic heterocycles. The van der Waals surface area contributed by atoms with Gasteiger partial charge >= 0.3 is 0 Å². The standard InChI is InChI=1S/C17H19NO2/c1-19-16-8-6-15(7-9-16)17(11-20-12-17)14-4-2-13(10-18)3-5-14/h2-9H,10-12,18H2,1H3. The average Bonchev–Trinajstić information content (AvgIpc) is 2.47. The number of benzene rings is 2. The first-order valence-corrected chi connectivity index (χ1v) is 6.80. The maximum Gasteiger partial charge on any atom is 0.118 e. The summed E-state index contributed by atoms with van der Waals surface area (Å²) in [4.78, 5) is 0. The summed E-state index contributed by atoms with van der Waals surface area (Å²) in [5.41, 5.74) is 9.34. The normalized spacial score (nSPS) is 16.5. The summed E-state index contributed by atoms with van der Waals surface area (Å²) < 4.78 is 10.7. The highest BCUT2D eigenvalue weighted by molar-refractivity contribution is 5.44. The second-order valence-electron chi connectivity index (χ2n) is 5.20. The highest BCUT2D eigenvalue weighted by atomic mass is 16.5. The van der Waals surface area contributed by atoms with Crippen molar-refractivity contribution in [2.75, 3.05) is 20.3 Å². The molecule has 0 unspecified atom stereocenters. The van der Waals surface area contributed by atoms with Crippen molar-refractivity contribution in [1.29, 1.82) is 0 Å². The van der Waals surface area contributed by atoms with Crippen LogP contribution in [-0.2, 0) is 16.7 Å². The van der Waals surface area contributed by atoms with Crippen molar-refractivity contribution >= 4 is 0 Å². The molecule has 0 atom stereocenters. The van der Waals surface area contributed by atoms with E-state index in [9.17, 15) is 0 Å². The van der Waals surface area contributed by atoms with Gasteiger partial charge < -0.3 is 15.2 Å². The van der Waals surface area contributed by atoms with Gasteiger partial charge in [-0.05, 0) is 28.8 Å². The number of methoxy groups -OCH3 is 1. The van der Waals surface area contributed by atoms with E-state index >= 15 is 0 Å². The van der Waals surface area contributed by atoms with Crippen LogP contribution < -0.4 is 10.5 Å². The van der Waals surface area contributed by atoms with Crippen LogP contribution in [0.5, 0.6) is 5.75 Å². The molecule has 1 fully saturated rings. The molecule has 2 aromatic carbocycles. The molecule has 2 N–H and O–H groups in total. The molecule has 0 aromatic heterocycles. The van der Waals surface area contributed by atoms with Gasteiger partial charge in [0.05, 0.1) is 25.7 Å². The Labute approximate surface area is 119 Å². The van der Waals surface area contributed by atoms with Crippen molar-refractivity contribution in [2.45, 2.75) is 12.0 Å². The monoisotopic (exact) mass is 269 g/mol. The van der Waals surface area contributed by atoms with Crippen LogP contribution in [-0.4, -0.2) is 20.3 Å². The van der Waals surface area contributed by atoms with Gasteiger partial charge in [0.1, 0.15) is 5.75 Å². The third kappa shape index (κ3) is 2.09. The fourth-order valence-corrected chi connectivity index (χ4v) is 2.68. The molecule has 2 aromatic rings. The molecule has 0 saturated carbocycles. The van der Waals surface area contributed by atoms with Crippen LogP contribution in [0, 0.1) is 0 Å². The van der Waals surface area contributed by atoms with E-state index in [1.807, 2.05) is 12.1 Å². The predicted octanol–water partition coefficient (Wildman–Crippen LogP) is 2.47. The molecule has 1 aliphatic rings. The van der Waals surface area contributed by atoms with E-state index < -0.39 is 0 Å². The van der Waals surface area contributed by atoms with Crippen molar-refractivity contribution < 1.29 is 9.47 Å². The van der Waals surface area contributed by atoms with E-state index in [0.717, 1.165) is 24.5 Å². The van der Waals surface area contributed by atoms with E-state index in [0.29, 0.717) is 6.54 Å². The van der Waals surface area contributed by atoms with E-state index in [1.54, 1.807) is 7.11 Å². The molecule has 3 rings (SSSR count). The predicted molar refractivity (Wildman–Crippen MR) is 78.9 cm³/mol. The average molecular weight is 269 g/mol. The third-order valence-corrected chi connectivity index (χ3v) is 4.08. The Morgan fingerprint density at radius 1 is 1.00 bits per heavy atom. The maximum atomic E-state index is 5.66. The zero-order valence-corrected chi connectivity index (χ0v) is 11.6. The van der Waals surface area contributed by atoms with Crippen molar-refractivity contribution in [2.24, 2.45) is 5.73 Å². The lowest BCUT2D eigenvalue weighted by molar-refractivity contribution is -0.0380. The third-order valence-electron chi connectivity index (χ3n) is 4.08. The lowest BCUT2D eigenvalue weighted by Gasteiger charge is -2.42. The Morgan fingerprint density at radius 3 is 1.95 bits per heavy atom. The first-order chi connectivity index (χ1) is 9.78. The smallest absolute Gasteiger partial charge is 0.118 e. The van der Waals surface area contributed by atoms with Gasteiger partial charge in [0.25, 0.3) is 0 Å². The van der Waals surface area contributed by atoms with E-state index in [1.165, 1.54) is 11.1 Å². The van der Waals surface area contributed by atoms with Gasteiger partial charge in [-0.2, -0.15) is 0 Å². The summed E-state index contributed by atoms with van der Waals surface area (Å²) in [5, 5.41) is 0. The summed E-state index contributed by atoms with van der Waals surface area (Å²) >= 11 is 0. The topological polar surface area (TPSA) is 44.5 Å². The van der Waals surface area contributed by atoms with Crippen LogP contribution in [0.1, 0.15) is 16.7 Å². The summed E-state index contributed by atoms with van der Waals surface area (Å²) in [7, 11) is 1.68. The second-order valence-corrected chi connectivity index (χ2v) is 5.20. The minimum atomic E-state index is -0.0284. The molecular formula is C17H19NO2.